The third kappa shape index (κ3) is 0.660. The zero-order chi connectivity index (χ0) is 4.62. The predicted octanol–water partition coefficient (Wildman–Crippen LogP) is 0.587. The van der Waals surface area contributed by atoms with E-state index < -0.39 is 0 Å². The molecular weight excluding hydrogens is 97.5 g/mol. The Kier molecular flexibility index (Phi) is 0.815. The van der Waals surface area contributed by atoms with E-state index in [1.54, 1.807) is 0 Å². The van der Waals surface area contributed by atoms with E-state index in [0.29, 0.717) is 0 Å². The topological polar surface area (TPSA) is 12.0 Å². The third-order valence-electron chi connectivity index (χ3n) is 0.987. The SMILES string of the molecule is CC1(Cl)CNC1. The van der Waals surface area contributed by atoms with Crippen LogP contribution in [0, 0.1) is 0 Å². The normalized spacial score (nSPS) is 29.0. The molecule has 1 fully saturated rings. The van der Waals surface area contributed by atoms with Gasteiger partial charge in [-0.05, 0) is 6.92 Å². The summed E-state index contributed by atoms with van der Waals surface area (Å²) in [7, 11) is 0. The van der Waals surface area contributed by atoms with Gasteiger partial charge in [-0.25, -0.2) is 0 Å². The van der Waals surface area contributed by atoms with Crippen molar-refractivity contribution in [2.24, 2.45) is 0 Å². The molecule has 1 aliphatic heterocycles. The Hall–Kier alpha value is 0.250. The van der Waals surface area contributed by atoms with Crippen LogP contribution in [0.5, 0.6) is 0 Å². The first kappa shape index (κ1) is 4.41. The predicted molar refractivity (Wildman–Crippen MR) is 27.1 cm³/mol. The van der Waals surface area contributed by atoms with Gasteiger partial charge in [0.2, 0.25) is 0 Å². The molecule has 1 aliphatic rings. The summed E-state index contributed by atoms with van der Waals surface area (Å²) in [6, 6.07) is 0. The summed E-state index contributed by atoms with van der Waals surface area (Å²) < 4.78 is 0. The summed E-state index contributed by atoms with van der Waals surface area (Å²) in [6.45, 7) is 3.97. The second-order valence-electron chi connectivity index (χ2n) is 2.02. The number of hydrogen-bond donors (Lipinski definition) is 1. The molecule has 0 aromatic carbocycles. The lowest BCUT2D eigenvalue weighted by Crippen LogP contribution is -2.53. The Labute approximate surface area is 42.7 Å². The van der Waals surface area contributed by atoms with Crippen LogP contribution in [0.2, 0.25) is 0 Å². The highest BCUT2D eigenvalue weighted by atomic mass is 35.5. The summed E-state index contributed by atoms with van der Waals surface area (Å²) in [5.41, 5.74) is 0. The van der Waals surface area contributed by atoms with Gasteiger partial charge in [0.1, 0.15) is 0 Å². The van der Waals surface area contributed by atoms with Gasteiger partial charge in [-0.3, -0.25) is 0 Å². The van der Waals surface area contributed by atoms with Gasteiger partial charge in [-0.2, -0.15) is 0 Å². The average molecular weight is 106 g/mol. The fourth-order valence-electron chi connectivity index (χ4n) is 0.469. The Morgan fingerprint density at radius 1 is 1.67 bits per heavy atom. The first-order valence-corrected chi connectivity index (χ1v) is 2.48. The van der Waals surface area contributed by atoms with Crippen molar-refractivity contribution in [3.8, 4) is 0 Å². The second kappa shape index (κ2) is 1.11. The van der Waals surface area contributed by atoms with E-state index in [9.17, 15) is 0 Å². The van der Waals surface area contributed by atoms with E-state index >= 15 is 0 Å². The maximum absolute atomic E-state index is 5.74. The van der Waals surface area contributed by atoms with Gasteiger partial charge >= 0.3 is 0 Å². The summed E-state index contributed by atoms with van der Waals surface area (Å²) in [6.07, 6.45) is 0. The molecule has 1 N–H and O–H groups in total. The van der Waals surface area contributed by atoms with Crippen molar-refractivity contribution < 1.29 is 0 Å². The minimum absolute atomic E-state index is 0.0833. The highest BCUT2D eigenvalue weighted by Gasteiger charge is 2.27. The number of nitrogens with one attached hydrogen (secondary N) is 1. The molecule has 0 aromatic heterocycles. The summed E-state index contributed by atoms with van der Waals surface area (Å²) in [5.74, 6) is 0. The highest BCUT2D eigenvalue weighted by Crippen LogP contribution is 2.17. The third-order valence-corrected chi connectivity index (χ3v) is 1.25. The maximum atomic E-state index is 5.74. The Morgan fingerprint density at radius 2 is 2.00 bits per heavy atom. The number of rotatable bonds is 0. The van der Waals surface area contributed by atoms with Gasteiger partial charge in [0.05, 0.1) is 4.87 Å². The van der Waals surface area contributed by atoms with Crippen LogP contribution in [0.1, 0.15) is 6.92 Å². The minimum Gasteiger partial charge on any atom is -0.313 e. The van der Waals surface area contributed by atoms with E-state index in [1.807, 2.05) is 6.92 Å². The lowest BCUT2D eigenvalue weighted by atomic mass is 10.1. The van der Waals surface area contributed by atoms with Crippen molar-refractivity contribution in [1.82, 2.24) is 5.32 Å². The maximum Gasteiger partial charge on any atom is 0.0666 e. The lowest BCUT2D eigenvalue weighted by molar-refractivity contribution is 0.413. The van der Waals surface area contributed by atoms with Gasteiger partial charge in [0.15, 0.2) is 0 Å². The van der Waals surface area contributed by atoms with Crippen LogP contribution in [0.4, 0.5) is 0 Å². The van der Waals surface area contributed by atoms with Gasteiger partial charge in [-0.15, -0.1) is 11.6 Å². The van der Waals surface area contributed by atoms with Crippen molar-refractivity contribution in [3.05, 3.63) is 0 Å². The monoisotopic (exact) mass is 105 g/mol. The standard InChI is InChI=1S/C4H8ClN/c1-4(5)2-6-3-4/h6H,2-3H2,1H3. The Balaban J connectivity index is 2.31. The zero-order valence-electron chi connectivity index (χ0n) is 3.79. The second-order valence-corrected chi connectivity index (χ2v) is 2.93. The molecule has 36 valence electrons. The first-order chi connectivity index (χ1) is 2.71. The number of alkyl halides is 1. The van der Waals surface area contributed by atoms with Crippen molar-refractivity contribution in [3.63, 3.8) is 0 Å². The molecule has 0 saturated carbocycles. The first-order valence-electron chi connectivity index (χ1n) is 2.10. The van der Waals surface area contributed by atoms with Gasteiger partial charge in [0, 0.05) is 13.1 Å². The number of hydrogen-bond acceptors (Lipinski definition) is 1. The Bertz CT molecular complexity index is 54.6. The fourth-order valence-corrected chi connectivity index (χ4v) is 0.658. The van der Waals surface area contributed by atoms with Crippen molar-refractivity contribution in [1.29, 1.82) is 0 Å². The van der Waals surface area contributed by atoms with Crippen LogP contribution in [-0.4, -0.2) is 18.0 Å². The van der Waals surface area contributed by atoms with E-state index in [1.165, 1.54) is 0 Å². The van der Waals surface area contributed by atoms with Gasteiger partial charge in [-0.1, -0.05) is 0 Å². The van der Waals surface area contributed by atoms with Gasteiger partial charge < -0.3 is 5.32 Å². The molecule has 1 saturated heterocycles. The molecule has 0 spiro atoms. The largest absolute Gasteiger partial charge is 0.313 e. The van der Waals surface area contributed by atoms with Crippen molar-refractivity contribution >= 4 is 11.6 Å². The summed E-state index contributed by atoms with van der Waals surface area (Å²) in [5, 5.41) is 3.07. The van der Waals surface area contributed by atoms with Gasteiger partial charge in [0.25, 0.3) is 0 Å². The average Bonchev–Trinajstić information content (AvgIpc) is 1.32. The molecule has 0 radical (unpaired) electrons. The van der Waals surface area contributed by atoms with Crippen LogP contribution < -0.4 is 5.32 Å². The van der Waals surface area contributed by atoms with Crippen LogP contribution in [0.25, 0.3) is 0 Å². The molecule has 0 aliphatic carbocycles. The molecule has 0 aromatic rings. The molecule has 1 nitrogen and oxygen atoms in total. The van der Waals surface area contributed by atoms with Crippen molar-refractivity contribution in [2.45, 2.75) is 11.8 Å². The molecular formula is C4H8ClN. The molecule has 2 heteroatoms. The van der Waals surface area contributed by atoms with Crippen LogP contribution in [0.15, 0.2) is 0 Å². The smallest absolute Gasteiger partial charge is 0.0666 e. The molecule has 0 unspecified atom stereocenters. The van der Waals surface area contributed by atoms with Crippen LogP contribution in [0.3, 0.4) is 0 Å². The minimum atomic E-state index is 0.0833. The van der Waals surface area contributed by atoms with Crippen molar-refractivity contribution in [2.75, 3.05) is 13.1 Å². The molecule has 0 atom stereocenters. The quantitative estimate of drug-likeness (QED) is 0.445. The molecule has 1 rings (SSSR count). The van der Waals surface area contributed by atoms with Crippen LogP contribution in [-0.2, 0) is 0 Å². The van der Waals surface area contributed by atoms with E-state index in [-0.39, 0.29) is 4.87 Å². The molecule has 1 heterocycles. The zero-order valence-corrected chi connectivity index (χ0v) is 4.55. The number of halogens is 1. The molecule has 6 heavy (non-hydrogen) atoms. The lowest BCUT2D eigenvalue weighted by Gasteiger charge is -2.32. The highest BCUT2D eigenvalue weighted by molar-refractivity contribution is 6.24. The fraction of sp³-hybridized carbons (Fsp3) is 1.00. The molecule has 0 amide bonds. The summed E-state index contributed by atoms with van der Waals surface area (Å²) >= 11 is 5.74. The van der Waals surface area contributed by atoms with E-state index in [2.05, 4.69) is 5.32 Å². The Morgan fingerprint density at radius 3 is 2.00 bits per heavy atom. The van der Waals surface area contributed by atoms with E-state index in [4.69, 9.17) is 11.6 Å². The summed E-state index contributed by atoms with van der Waals surface area (Å²) in [4.78, 5) is 0.0833. The van der Waals surface area contributed by atoms with E-state index in [0.717, 1.165) is 13.1 Å². The van der Waals surface area contributed by atoms with Crippen LogP contribution >= 0.6 is 11.6 Å². The molecule has 0 bridgehead atoms.